The number of aliphatic carboxylic acids is 1. The SMILES string of the molecule is Cc1c(F)cccc1[C@@]1(C(=O)O)CC[C@H](c2ccc3c(cnn3C)c2)C1. The van der Waals surface area contributed by atoms with E-state index in [1.165, 1.54) is 6.07 Å². The second-order valence-corrected chi connectivity index (χ2v) is 7.33. The average molecular weight is 352 g/mol. The van der Waals surface area contributed by atoms with Gasteiger partial charge in [0.1, 0.15) is 5.82 Å². The van der Waals surface area contributed by atoms with Crippen molar-refractivity contribution < 1.29 is 14.3 Å². The van der Waals surface area contributed by atoms with E-state index in [0.717, 1.165) is 22.9 Å². The Bertz CT molecular complexity index is 1010. The molecule has 2 aromatic carbocycles. The van der Waals surface area contributed by atoms with Gasteiger partial charge in [-0.25, -0.2) is 4.39 Å². The summed E-state index contributed by atoms with van der Waals surface area (Å²) in [5.41, 5.74) is 2.20. The van der Waals surface area contributed by atoms with E-state index in [9.17, 15) is 14.3 Å². The van der Waals surface area contributed by atoms with Gasteiger partial charge in [0, 0.05) is 12.4 Å². The second kappa shape index (κ2) is 5.94. The highest BCUT2D eigenvalue weighted by Gasteiger charge is 2.48. The fourth-order valence-corrected chi connectivity index (χ4v) is 4.45. The summed E-state index contributed by atoms with van der Waals surface area (Å²) in [6.45, 7) is 1.67. The van der Waals surface area contributed by atoms with E-state index in [-0.39, 0.29) is 11.7 Å². The highest BCUT2D eigenvalue weighted by Crippen LogP contribution is 2.49. The molecule has 26 heavy (non-hydrogen) atoms. The predicted molar refractivity (Wildman–Crippen MR) is 97.8 cm³/mol. The lowest BCUT2D eigenvalue weighted by Crippen LogP contribution is -2.34. The number of carbonyl (C=O) groups is 1. The number of hydrogen-bond donors (Lipinski definition) is 1. The van der Waals surface area contributed by atoms with Gasteiger partial charge in [-0.15, -0.1) is 0 Å². The van der Waals surface area contributed by atoms with Gasteiger partial charge in [-0.2, -0.15) is 5.10 Å². The van der Waals surface area contributed by atoms with E-state index in [0.29, 0.717) is 24.0 Å². The molecule has 1 saturated carbocycles. The average Bonchev–Trinajstić information content (AvgIpc) is 3.22. The Labute approximate surface area is 151 Å². The number of halogens is 1. The molecule has 1 aliphatic carbocycles. The van der Waals surface area contributed by atoms with Gasteiger partial charge in [-0.3, -0.25) is 9.48 Å². The van der Waals surface area contributed by atoms with Crippen LogP contribution in [-0.4, -0.2) is 20.9 Å². The zero-order valence-corrected chi connectivity index (χ0v) is 14.9. The van der Waals surface area contributed by atoms with E-state index in [4.69, 9.17) is 0 Å². The van der Waals surface area contributed by atoms with Crippen LogP contribution in [0.25, 0.3) is 10.9 Å². The van der Waals surface area contributed by atoms with Gasteiger partial charge in [0.25, 0.3) is 0 Å². The molecule has 1 heterocycles. The van der Waals surface area contributed by atoms with Crippen molar-refractivity contribution in [3.8, 4) is 0 Å². The van der Waals surface area contributed by atoms with Crippen LogP contribution in [0.5, 0.6) is 0 Å². The fraction of sp³-hybridized carbons (Fsp3) is 0.333. The standard InChI is InChI=1S/C21H21FN2O2/c1-13-17(4-3-5-18(13)22)21(20(25)26)9-8-15(11-21)14-6-7-19-16(10-14)12-23-24(19)2/h3-7,10,12,15H,8-9,11H2,1-2H3,(H,25,26)/t15-,21+/m0/s1. The summed E-state index contributed by atoms with van der Waals surface area (Å²) in [6.07, 6.45) is 3.60. The molecule has 1 aromatic heterocycles. The lowest BCUT2D eigenvalue weighted by Gasteiger charge is -2.27. The summed E-state index contributed by atoms with van der Waals surface area (Å²) in [7, 11) is 1.90. The molecule has 0 spiro atoms. The van der Waals surface area contributed by atoms with E-state index in [2.05, 4.69) is 17.2 Å². The van der Waals surface area contributed by atoms with Gasteiger partial charge in [0.2, 0.25) is 0 Å². The van der Waals surface area contributed by atoms with Crippen LogP contribution in [0.4, 0.5) is 4.39 Å². The number of nitrogens with zero attached hydrogens (tertiary/aromatic N) is 2. The van der Waals surface area contributed by atoms with Crippen LogP contribution in [-0.2, 0) is 17.3 Å². The Balaban J connectivity index is 1.73. The summed E-state index contributed by atoms with van der Waals surface area (Å²) in [4.78, 5) is 12.2. The minimum Gasteiger partial charge on any atom is -0.481 e. The van der Waals surface area contributed by atoms with Gasteiger partial charge in [-0.1, -0.05) is 18.2 Å². The number of rotatable bonds is 3. The first-order chi connectivity index (χ1) is 12.4. The molecule has 0 saturated heterocycles. The second-order valence-electron chi connectivity index (χ2n) is 7.33. The molecule has 4 nitrogen and oxygen atoms in total. The molecule has 0 radical (unpaired) electrons. The zero-order valence-electron chi connectivity index (χ0n) is 14.9. The van der Waals surface area contributed by atoms with E-state index >= 15 is 0 Å². The third-order valence-corrected chi connectivity index (χ3v) is 5.95. The maximum absolute atomic E-state index is 14.1. The van der Waals surface area contributed by atoms with Crippen LogP contribution in [0.2, 0.25) is 0 Å². The maximum Gasteiger partial charge on any atom is 0.314 e. The van der Waals surface area contributed by atoms with Gasteiger partial charge >= 0.3 is 5.97 Å². The van der Waals surface area contributed by atoms with E-state index < -0.39 is 11.4 Å². The largest absolute Gasteiger partial charge is 0.481 e. The first-order valence-electron chi connectivity index (χ1n) is 8.83. The van der Waals surface area contributed by atoms with Crippen molar-refractivity contribution in [2.75, 3.05) is 0 Å². The number of aromatic nitrogens is 2. The molecular formula is C21H21FN2O2. The molecule has 0 amide bonds. The maximum atomic E-state index is 14.1. The van der Waals surface area contributed by atoms with Crippen LogP contribution in [0.3, 0.4) is 0 Å². The summed E-state index contributed by atoms with van der Waals surface area (Å²) in [5.74, 6) is -1.07. The quantitative estimate of drug-likeness (QED) is 0.764. The number of carboxylic acids is 1. The highest BCUT2D eigenvalue weighted by molar-refractivity contribution is 5.83. The van der Waals surface area contributed by atoms with Crippen LogP contribution < -0.4 is 0 Å². The molecule has 4 rings (SSSR count). The van der Waals surface area contributed by atoms with Gasteiger partial charge in [0.05, 0.1) is 17.1 Å². The lowest BCUT2D eigenvalue weighted by atomic mass is 9.75. The van der Waals surface area contributed by atoms with Crippen LogP contribution in [0.1, 0.15) is 41.9 Å². The first kappa shape index (κ1) is 16.8. The molecule has 1 fully saturated rings. The minimum absolute atomic E-state index is 0.137. The number of benzene rings is 2. The summed E-state index contributed by atoms with van der Waals surface area (Å²) in [6, 6.07) is 11.0. The summed E-state index contributed by atoms with van der Waals surface area (Å²) >= 11 is 0. The topological polar surface area (TPSA) is 55.1 Å². The Morgan fingerprint density at radius 2 is 2.15 bits per heavy atom. The van der Waals surface area contributed by atoms with E-state index in [1.807, 2.05) is 24.0 Å². The number of carboxylic acid groups (broad SMARTS) is 1. The molecule has 5 heteroatoms. The smallest absolute Gasteiger partial charge is 0.314 e. The van der Waals surface area contributed by atoms with Crippen LogP contribution in [0, 0.1) is 12.7 Å². The molecule has 0 unspecified atom stereocenters. The van der Waals surface area contributed by atoms with Crippen LogP contribution >= 0.6 is 0 Å². The predicted octanol–water partition coefficient (Wildman–Crippen LogP) is 4.31. The summed E-state index contributed by atoms with van der Waals surface area (Å²) < 4.78 is 15.9. The minimum atomic E-state index is -1.03. The highest BCUT2D eigenvalue weighted by atomic mass is 19.1. The monoisotopic (exact) mass is 352 g/mol. The molecule has 3 aromatic rings. The number of aryl methyl sites for hydroxylation is 1. The van der Waals surface area contributed by atoms with Crippen LogP contribution in [0.15, 0.2) is 42.6 Å². The Kier molecular flexibility index (Phi) is 3.83. The first-order valence-corrected chi connectivity index (χ1v) is 8.83. The zero-order chi connectivity index (χ0) is 18.5. The normalized spacial score (nSPS) is 22.8. The molecule has 2 atom stereocenters. The van der Waals surface area contributed by atoms with Crippen molar-refractivity contribution in [1.29, 1.82) is 0 Å². The van der Waals surface area contributed by atoms with Crippen molar-refractivity contribution in [2.45, 2.75) is 37.5 Å². The fourth-order valence-electron chi connectivity index (χ4n) is 4.45. The molecule has 0 aliphatic heterocycles. The van der Waals surface area contributed by atoms with Gasteiger partial charge < -0.3 is 5.11 Å². The Morgan fingerprint density at radius 3 is 2.92 bits per heavy atom. The number of fused-ring (bicyclic) bond motifs is 1. The number of hydrogen-bond acceptors (Lipinski definition) is 2. The third kappa shape index (κ3) is 2.42. The molecular weight excluding hydrogens is 331 g/mol. The molecule has 1 aliphatic rings. The summed E-state index contributed by atoms with van der Waals surface area (Å²) in [5, 5.41) is 15.4. The van der Waals surface area contributed by atoms with Gasteiger partial charge in [-0.05, 0) is 67.0 Å². The van der Waals surface area contributed by atoms with Crippen molar-refractivity contribution >= 4 is 16.9 Å². The molecule has 0 bridgehead atoms. The van der Waals surface area contributed by atoms with Crippen molar-refractivity contribution in [1.82, 2.24) is 9.78 Å². The van der Waals surface area contributed by atoms with Crippen molar-refractivity contribution in [3.63, 3.8) is 0 Å². The lowest BCUT2D eigenvalue weighted by molar-refractivity contribution is -0.143. The molecule has 134 valence electrons. The third-order valence-electron chi connectivity index (χ3n) is 5.95. The van der Waals surface area contributed by atoms with E-state index in [1.54, 1.807) is 19.1 Å². The van der Waals surface area contributed by atoms with Gasteiger partial charge in [0.15, 0.2) is 0 Å². The Hall–Kier alpha value is -2.69. The van der Waals surface area contributed by atoms with Crippen molar-refractivity contribution in [3.05, 3.63) is 65.1 Å². The molecule has 1 N–H and O–H groups in total. The Morgan fingerprint density at radius 1 is 1.35 bits per heavy atom. The van der Waals surface area contributed by atoms with Crippen molar-refractivity contribution in [2.24, 2.45) is 7.05 Å².